The van der Waals surface area contributed by atoms with Crippen LogP contribution in [0, 0.1) is 0 Å². The van der Waals surface area contributed by atoms with Crippen molar-refractivity contribution in [2.75, 3.05) is 0 Å². The normalized spacial score (nSPS) is 13.5. The standard InChI is InChI=1S/C13H17NO4S/c1-2-6-12(13(15)16)14-19(17,18)10-9-11-7-4-3-5-8-11/h3-5,7-10,12,14H,2,6H2,1H3,(H,15,16)/b10-9+. The number of hydrogen-bond donors (Lipinski definition) is 2. The van der Waals surface area contributed by atoms with Gasteiger partial charge in [-0.3, -0.25) is 4.79 Å². The summed E-state index contributed by atoms with van der Waals surface area (Å²) in [5, 5.41) is 9.88. The van der Waals surface area contributed by atoms with Crippen LogP contribution in [0.5, 0.6) is 0 Å². The highest BCUT2D eigenvalue weighted by Crippen LogP contribution is 2.05. The van der Waals surface area contributed by atoms with E-state index in [0.717, 1.165) is 11.0 Å². The molecule has 104 valence electrons. The highest BCUT2D eigenvalue weighted by molar-refractivity contribution is 7.92. The van der Waals surface area contributed by atoms with Gasteiger partial charge in [-0.1, -0.05) is 43.7 Å². The van der Waals surface area contributed by atoms with Crippen molar-refractivity contribution < 1.29 is 18.3 Å². The molecule has 0 saturated heterocycles. The highest BCUT2D eigenvalue weighted by Gasteiger charge is 2.21. The Morgan fingerprint density at radius 1 is 1.37 bits per heavy atom. The molecule has 0 spiro atoms. The second kappa shape index (κ2) is 7.06. The molecule has 0 aromatic heterocycles. The third-order valence-electron chi connectivity index (χ3n) is 2.42. The number of carboxylic acid groups (broad SMARTS) is 1. The van der Waals surface area contributed by atoms with Gasteiger partial charge < -0.3 is 5.11 Å². The zero-order valence-corrected chi connectivity index (χ0v) is 11.4. The van der Waals surface area contributed by atoms with Gasteiger partial charge in [0.2, 0.25) is 10.0 Å². The van der Waals surface area contributed by atoms with E-state index in [9.17, 15) is 13.2 Å². The van der Waals surface area contributed by atoms with Crippen LogP contribution in [0.3, 0.4) is 0 Å². The molecule has 0 saturated carbocycles. The summed E-state index contributed by atoms with van der Waals surface area (Å²) in [7, 11) is -3.76. The molecule has 0 heterocycles. The third kappa shape index (κ3) is 5.67. The lowest BCUT2D eigenvalue weighted by Gasteiger charge is -2.11. The lowest BCUT2D eigenvalue weighted by atomic mass is 10.2. The fraction of sp³-hybridized carbons (Fsp3) is 0.308. The first-order chi connectivity index (χ1) is 8.94. The molecule has 0 aliphatic heterocycles. The minimum absolute atomic E-state index is 0.258. The number of hydrogen-bond acceptors (Lipinski definition) is 3. The first-order valence-corrected chi connectivity index (χ1v) is 7.47. The molecule has 0 aliphatic rings. The topological polar surface area (TPSA) is 83.5 Å². The average Bonchev–Trinajstić information content (AvgIpc) is 2.37. The van der Waals surface area contributed by atoms with E-state index in [0.29, 0.717) is 6.42 Å². The number of carboxylic acids is 1. The van der Waals surface area contributed by atoms with E-state index in [1.165, 1.54) is 6.08 Å². The largest absolute Gasteiger partial charge is 0.480 e. The van der Waals surface area contributed by atoms with Crippen LogP contribution in [0.2, 0.25) is 0 Å². The van der Waals surface area contributed by atoms with E-state index in [1.54, 1.807) is 31.2 Å². The summed E-state index contributed by atoms with van der Waals surface area (Å²) in [6.07, 6.45) is 2.27. The summed E-state index contributed by atoms with van der Waals surface area (Å²) in [4.78, 5) is 10.9. The quantitative estimate of drug-likeness (QED) is 0.799. The van der Waals surface area contributed by atoms with Crippen LogP contribution >= 0.6 is 0 Å². The lowest BCUT2D eigenvalue weighted by molar-refractivity contribution is -0.139. The van der Waals surface area contributed by atoms with Crippen LogP contribution < -0.4 is 4.72 Å². The van der Waals surface area contributed by atoms with Crippen molar-refractivity contribution in [3.63, 3.8) is 0 Å². The predicted molar refractivity (Wildman–Crippen MR) is 73.9 cm³/mol. The summed E-state index contributed by atoms with van der Waals surface area (Å²) in [5.41, 5.74) is 0.732. The first-order valence-electron chi connectivity index (χ1n) is 5.93. The summed E-state index contributed by atoms with van der Waals surface area (Å²) < 4.78 is 25.6. The van der Waals surface area contributed by atoms with E-state index in [1.807, 2.05) is 6.07 Å². The summed E-state index contributed by atoms with van der Waals surface area (Å²) in [6, 6.07) is 7.83. The van der Waals surface area contributed by atoms with Gasteiger partial charge >= 0.3 is 5.97 Å². The lowest BCUT2D eigenvalue weighted by Crippen LogP contribution is -2.39. The molecule has 5 nitrogen and oxygen atoms in total. The van der Waals surface area contributed by atoms with Gasteiger partial charge in [0.15, 0.2) is 0 Å². The van der Waals surface area contributed by atoms with E-state index in [2.05, 4.69) is 4.72 Å². The second-order valence-electron chi connectivity index (χ2n) is 4.06. The predicted octanol–water partition coefficient (Wildman–Crippen LogP) is 1.83. The molecule has 0 aliphatic carbocycles. The van der Waals surface area contributed by atoms with Gasteiger partial charge in [0.05, 0.1) is 0 Å². The van der Waals surface area contributed by atoms with Gasteiger partial charge in [0.25, 0.3) is 0 Å². The third-order valence-corrected chi connectivity index (χ3v) is 3.53. The van der Waals surface area contributed by atoms with E-state index in [4.69, 9.17) is 5.11 Å². The van der Waals surface area contributed by atoms with Gasteiger partial charge in [0.1, 0.15) is 6.04 Å². The summed E-state index contributed by atoms with van der Waals surface area (Å²) in [6.45, 7) is 1.80. The highest BCUT2D eigenvalue weighted by atomic mass is 32.2. The van der Waals surface area contributed by atoms with Crippen molar-refractivity contribution in [1.29, 1.82) is 0 Å². The number of aliphatic carboxylic acids is 1. The molecule has 1 atom stereocenters. The summed E-state index contributed by atoms with van der Waals surface area (Å²) >= 11 is 0. The molecule has 1 aromatic rings. The zero-order chi connectivity index (χ0) is 14.3. The fourth-order valence-electron chi connectivity index (χ4n) is 1.49. The number of rotatable bonds is 7. The molecule has 0 radical (unpaired) electrons. The van der Waals surface area contributed by atoms with E-state index in [-0.39, 0.29) is 6.42 Å². The molecule has 2 N–H and O–H groups in total. The molecular formula is C13H17NO4S. The number of sulfonamides is 1. The van der Waals surface area contributed by atoms with Gasteiger partial charge in [-0.05, 0) is 18.1 Å². The number of carbonyl (C=O) groups is 1. The van der Waals surface area contributed by atoms with Crippen molar-refractivity contribution in [2.45, 2.75) is 25.8 Å². The Balaban J connectivity index is 2.76. The average molecular weight is 283 g/mol. The molecule has 19 heavy (non-hydrogen) atoms. The van der Waals surface area contributed by atoms with E-state index >= 15 is 0 Å². The number of benzene rings is 1. The van der Waals surface area contributed by atoms with Gasteiger partial charge in [-0.2, -0.15) is 4.72 Å². The van der Waals surface area contributed by atoms with Crippen molar-refractivity contribution >= 4 is 22.1 Å². The second-order valence-corrected chi connectivity index (χ2v) is 5.65. The van der Waals surface area contributed by atoms with Crippen molar-refractivity contribution in [2.24, 2.45) is 0 Å². The zero-order valence-electron chi connectivity index (χ0n) is 10.6. The molecule has 0 bridgehead atoms. The van der Waals surface area contributed by atoms with Crippen LogP contribution in [-0.4, -0.2) is 25.5 Å². The number of nitrogens with one attached hydrogen (secondary N) is 1. The van der Waals surface area contributed by atoms with Crippen LogP contribution in [0.25, 0.3) is 6.08 Å². The van der Waals surface area contributed by atoms with Gasteiger partial charge in [-0.25, -0.2) is 8.42 Å². The minimum Gasteiger partial charge on any atom is -0.480 e. The van der Waals surface area contributed by atoms with Crippen molar-refractivity contribution in [3.8, 4) is 0 Å². The Hall–Kier alpha value is -1.66. The molecule has 1 aromatic carbocycles. The van der Waals surface area contributed by atoms with Crippen molar-refractivity contribution in [1.82, 2.24) is 4.72 Å². The molecule has 0 fully saturated rings. The molecular weight excluding hydrogens is 266 g/mol. The maximum atomic E-state index is 11.7. The maximum absolute atomic E-state index is 11.7. The maximum Gasteiger partial charge on any atom is 0.321 e. The molecule has 6 heteroatoms. The van der Waals surface area contributed by atoms with Crippen LogP contribution in [-0.2, 0) is 14.8 Å². The SMILES string of the molecule is CCCC(NS(=O)(=O)/C=C/c1ccccc1)C(=O)O. The van der Waals surface area contributed by atoms with Crippen LogP contribution in [0.15, 0.2) is 35.7 Å². The Kier molecular flexibility index (Phi) is 5.72. The van der Waals surface area contributed by atoms with Crippen LogP contribution in [0.1, 0.15) is 25.3 Å². The Morgan fingerprint density at radius 3 is 2.53 bits per heavy atom. The summed E-state index contributed by atoms with van der Waals surface area (Å²) in [5.74, 6) is -1.17. The Morgan fingerprint density at radius 2 is 2.00 bits per heavy atom. The van der Waals surface area contributed by atoms with E-state index < -0.39 is 22.0 Å². The van der Waals surface area contributed by atoms with Crippen LogP contribution in [0.4, 0.5) is 0 Å². The minimum atomic E-state index is -3.76. The monoisotopic (exact) mass is 283 g/mol. The Labute approximate surface area is 113 Å². The molecule has 0 amide bonds. The van der Waals surface area contributed by atoms with Gasteiger partial charge in [-0.15, -0.1) is 0 Å². The Bertz CT molecular complexity index is 537. The van der Waals surface area contributed by atoms with Gasteiger partial charge in [0, 0.05) is 5.41 Å². The molecule has 1 rings (SSSR count). The molecule has 1 unspecified atom stereocenters. The fourth-order valence-corrected chi connectivity index (χ4v) is 2.52. The first kappa shape index (κ1) is 15.4. The smallest absolute Gasteiger partial charge is 0.321 e. The van der Waals surface area contributed by atoms with Crippen molar-refractivity contribution in [3.05, 3.63) is 41.3 Å².